The van der Waals surface area contributed by atoms with Crippen molar-refractivity contribution in [1.29, 1.82) is 0 Å². The van der Waals surface area contributed by atoms with Gasteiger partial charge in [0, 0.05) is 6.07 Å². The molecule has 0 aliphatic rings. The minimum absolute atomic E-state index is 0.0175. The van der Waals surface area contributed by atoms with Gasteiger partial charge in [-0.15, -0.1) is 11.8 Å². The van der Waals surface area contributed by atoms with Crippen LogP contribution in [0.4, 0.5) is 11.5 Å². The summed E-state index contributed by atoms with van der Waals surface area (Å²) in [6.07, 6.45) is 0. The van der Waals surface area contributed by atoms with Crippen LogP contribution in [0.3, 0.4) is 0 Å². The standard InChI is InChI=1S/C16H17N3O6S/c1-9-5-13(19-25-9)18-15(21)8-26-7-14(20)17-12-4-3-10(24-2)6-11(12)16(22)23/h3-6H,7-8H2,1-2H3,(H,17,20)(H,22,23)(H,18,19,21). The molecule has 0 atom stereocenters. The van der Waals surface area contributed by atoms with E-state index in [0.717, 1.165) is 11.8 Å². The Morgan fingerprint density at radius 2 is 1.88 bits per heavy atom. The molecule has 0 fully saturated rings. The molecule has 1 heterocycles. The van der Waals surface area contributed by atoms with Gasteiger partial charge in [0.05, 0.1) is 29.9 Å². The van der Waals surface area contributed by atoms with E-state index < -0.39 is 11.9 Å². The summed E-state index contributed by atoms with van der Waals surface area (Å²) in [7, 11) is 1.42. The topological polar surface area (TPSA) is 131 Å². The fourth-order valence-electron chi connectivity index (χ4n) is 1.96. The molecular weight excluding hydrogens is 362 g/mol. The Balaban J connectivity index is 1.83. The minimum Gasteiger partial charge on any atom is -0.497 e. The maximum Gasteiger partial charge on any atom is 0.337 e. The van der Waals surface area contributed by atoms with Gasteiger partial charge in [0.1, 0.15) is 11.5 Å². The summed E-state index contributed by atoms with van der Waals surface area (Å²) >= 11 is 1.08. The number of hydrogen-bond donors (Lipinski definition) is 3. The molecule has 0 radical (unpaired) electrons. The number of carboxylic acid groups (broad SMARTS) is 1. The lowest BCUT2D eigenvalue weighted by atomic mass is 10.1. The predicted molar refractivity (Wildman–Crippen MR) is 95.8 cm³/mol. The Morgan fingerprint density at radius 3 is 2.46 bits per heavy atom. The largest absolute Gasteiger partial charge is 0.497 e. The van der Waals surface area contributed by atoms with Gasteiger partial charge < -0.3 is 25.0 Å². The first-order valence-electron chi connectivity index (χ1n) is 7.41. The number of aromatic carboxylic acids is 1. The molecule has 9 nitrogen and oxygen atoms in total. The zero-order chi connectivity index (χ0) is 19.1. The lowest BCUT2D eigenvalue weighted by Gasteiger charge is -2.10. The van der Waals surface area contributed by atoms with Crippen LogP contribution < -0.4 is 15.4 Å². The van der Waals surface area contributed by atoms with Crippen LogP contribution >= 0.6 is 11.8 Å². The van der Waals surface area contributed by atoms with E-state index in [-0.39, 0.29) is 28.7 Å². The third kappa shape index (κ3) is 5.52. The molecule has 3 N–H and O–H groups in total. The molecule has 0 aliphatic heterocycles. The maximum atomic E-state index is 12.0. The second-order valence-electron chi connectivity index (χ2n) is 5.13. The van der Waals surface area contributed by atoms with Crippen molar-refractivity contribution in [2.75, 3.05) is 29.2 Å². The Bertz CT molecular complexity index is 820. The van der Waals surface area contributed by atoms with Crippen molar-refractivity contribution in [3.05, 3.63) is 35.6 Å². The van der Waals surface area contributed by atoms with Gasteiger partial charge in [-0.3, -0.25) is 9.59 Å². The molecule has 0 saturated carbocycles. The second-order valence-corrected chi connectivity index (χ2v) is 6.11. The average Bonchev–Trinajstić information content (AvgIpc) is 2.99. The highest BCUT2D eigenvalue weighted by Crippen LogP contribution is 2.22. The zero-order valence-electron chi connectivity index (χ0n) is 14.1. The highest BCUT2D eigenvalue weighted by Gasteiger charge is 2.14. The minimum atomic E-state index is -1.19. The van der Waals surface area contributed by atoms with E-state index in [1.807, 2.05) is 0 Å². The molecule has 0 spiro atoms. The SMILES string of the molecule is COc1ccc(NC(=O)CSCC(=O)Nc2cc(C)on2)c(C(=O)O)c1. The molecule has 26 heavy (non-hydrogen) atoms. The third-order valence-corrected chi connectivity index (χ3v) is 4.03. The molecule has 10 heteroatoms. The summed E-state index contributed by atoms with van der Waals surface area (Å²) in [4.78, 5) is 35.0. The molecule has 0 saturated heterocycles. The van der Waals surface area contributed by atoms with E-state index >= 15 is 0 Å². The number of rotatable bonds is 8. The smallest absolute Gasteiger partial charge is 0.337 e. The van der Waals surface area contributed by atoms with Crippen LogP contribution in [0.15, 0.2) is 28.8 Å². The van der Waals surface area contributed by atoms with Gasteiger partial charge >= 0.3 is 5.97 Å². The molecule has 1 aromatic heterocycles. The highest BCUT2D eigenvalue weighted by molar-refractivity contribution is 8.00. The van der Waals surface area contributed by atoms with Crippen LogP contribution in [0.2, 0.25) is 0 Å². The maximum absolute atomic E-state index is 12.0. The fourth-order valence-corrected chi connectivity index (χ4v) is 2.58. The van der Waals surface area contributed by atoms with Crippen molar-refractivity contribution >= 4 is 41.1 Å². The predicted octanol–water partition coefficient (Wildman–Crippen LogP) is 2.00. The average molecular weight is 379 g/mol. The first-order chi connectivity index (χ1) is 12.4. The normalized spacial score (nSPS) is 10.2. The molecule has 138 valence electrons. The van der Waals surface area contributed by atoms with Crippen molar-refractivity contribution in [2.24, 2.45) is 0 Å². The number of benzene rings is 1. The van der Waals surface area contributed by atoms with Crippen LogP contribution in [0.5, 0.6) is 5.75 Å². The number of carbonyl (C=O) groups is 3. The first kappa shape index (κ1) is 19.3. The summed E-state index contributed by atoms with van der Waals surface area (Å²) < 4.78 is 9.80. The number of methoxy groups -OCH3 is 1. The Labute approximate surface area is 153 Å². The number of ether oxygens (including phenoxy) is 1. The molecule has 0 aliphatic carbocycles. The number of thioether (sulfide) groups is 1. The van der Waals surface area contributed by atoms with Crippen molar-refractivity contribution in [3.63, 3.8) is 0 Å². The van der Waals surface area contributed by atoms with Gasteiger partial charge in [0.25, 0.3) is 0 Å². The van der Waals surface area contributed by atoms with E-state index in [2.05, 4.69) is 15.8 Å². The van der Waals surface area contributed by atoms with E-state index in [1.54, 1.807) is 19.1 Å². The van der Waals surface area contributed by atoms with E-state index in [4.69, 9.17) is 9.26 Å². The van der Waals surface area contributed by atoms with Crippen molar-refractivity contribution in [3.8, 4) is 5.75 Å². The van der Waals surface area contributed by atoms with Crippen LogP contribution in [0.25, 0.3) is 0 Å². The number of aryl methyl sites for hydroxylation is 1. The number of carboxylic acids is 1. The molecule has 0 bridgehead atoms. The molecule has 0 unspecified atom stereocenters. The van der Waals surface area contributed by atoms with Gasteiger partial charge in [0.2, 0.25) is 11.8 Å². The molecule has 2 aromatic rings. The summed E-state index contributed by atoms with van der Waals surface area (Å²) in [6.45, 7) is 1.70. The zero-order valence-corrected chi connectivity index (χ0v) is 14.9. The lowest BCUT2D eigenvalue weighted by molar-refractivity contribution is -0.114. The molecule has 2 rings (SSSR count). The number of anilines is 2. The summed E-state index contributed by atoms with van der Waals surface area (Å²) in [6, 6.07) is 5.89. The monoisotopic (exact) mass is 379 g/mol. The number of nitrogens with one attached hydrogen (secondary N) is 2. The van der Waals surface area contributed by atoms with Crippen LogP contribution in [0.1, 0.15) is 16.1 Å². The van der Waals surface area contributed by atoms with Crippen molar-refractivity contribution < 1.29 is 28.8 Å². The van der Waals surface area contributed by atoms with E-state index in [9.17, 15) is 19.5 Å². The molecule has 1 aromatic carbocycles. The number of nitrogens with zero attached hydrogens (tertiary/aromatic N) is 1. The Hall–Kier alpha value is -3.01. The lowest BCUT2D eigenvalue weighted by Crippen LogP contribution is -2.19. The van der Waals surface area contributed by atoms with Gasteiger partial charge in [0.15, 0.2) is 5.82 Å². The van der Waals surface area contributed by atoms with Gasteiger partial charge in [-0.05, 0) is 25.1 Å². The van der Waals surface area contributed by atoms with Crippen LogP contribution in [-0.2, 0) is 9.59 Å². The van der Waals surface area contributed by atoms with E-state index in [0.29, 0.717) is 17.3 Å². The number of aromatic nitrogens is 1. The summed E-state index contributed by atoms with van der Waals surface area (Å²) in [5, 5.41) is 17.9. The quantitative estimate of drug-likeness (QED) is 0.635. The molecule has 2 amide bonds. The van der Waals surface area contributed by atoms with Gasteiger partial charge in [-0.1, -0.05) is 5.16 Å². The van der Waals surface area contributed by atoms with Crippen molar-refractivity contribution in [2.45, 2.75) is 6.92 Å². The first-order valence-corrected chi connectivity index (χ1v) is 8.56. The Kier molecular flexibility index (Phi) is 6.61. The third-order valence-electron chi connectivity index (χ3n) is 3.09. The summed E-state index contributed by atoms with van der Waals surface area (Å²) in [5.74, 6) is -0.671. The van der Waals surface area contributed by atoms with Crippen molar-refractivity contribution in [1.82, 2.24) is 5.16 Å². The van der Waals surface area contributed by atoms with Crippen LogP contribution in [-0.4, -0.2) is 46.7 Å². The number of amides is 2. The second kappa shape index (κ2) is 8.90. The van der Waals surface area contributed by atoms with Crippen LogP contribution in [0, 0.1) is 6.92 Å². The highest BCUT2D eigenvalue weighted by atomic mass is 32.2. The molecular formula is C16H17N3O6S. The Morgan fingerprint density at radius 1 is 1.19 bits per heavy atom. The number of carbonyl (C=O) groups excluding carboxylic acids is 2. The van der Waals surface area contributed by atoms with Gasteiger partial charge in [-0.2, -0.15) is 0 Å². The van der Waals surface area contributed by atoms with Gasteiger partial charge in [-0.25, -0.2) is 4.79 Å². The van der Waals surface area contributed by atoms with E-state index in [1.165, 1.54) is 19.2 Å². The fraction of sp³-hybridized carbons (Fsp3) is 0.250. The summed E-state index contributed by atoms with van der Waals surface area (Å²) in [5.41, 5.74) is 0.0771. The number of hydrogen-bond acceptors (Lipinski definition) is 7.